The van der Waals surface area contributed by atoms with Crippen LogP contribution in [0.5, 0.6) is 0 Å². The van der Waals surface area contributed by atoms with E-state index in [0.717, 1.165) is 6.07 Å². The lowest BCUT2D eigenvalue weighted by atomic mass is 9.78. The highest BCUT2D eigenvalue weighted by molar-refractivity contribution is 6.42. The minimum Gasteiger partial charge on any atom is -0.370 e. The number of nitrogens with one attached hydrogen (secondary N) is 2. The van der Waals surface area contributed by atoms with E-state index in [-0.39, 0.29) is 18.7 Å². The quantitative estimate of drug-likeness (QED) is 0.527. The van der Waals surface area contributed by atoms with Crippen LogP contribution in [-0.4, -0.2) is 43.7 Å². The molecule has 2 saturated heterocycles. The summed E-state index contributed by atoms with van der Waals surface area (Å²) < 4.78 is 83.3. The molecule has 14 heteroatoms. The number of rotatable bonds is 4. The van der Waals surface area contributed by atoms with Gasteiger partial charge in [0.05, 0.1) is 15.6 Å². The topological polar surface area (TPSA) is 70.7 Å². The minimum absolute atomic E-state index is 0.0548. The van der Waals surface area contributed by atoms with Crippen molar-refractivity contribution in [3.05, 3.63) is 63.1 Å². The number of nitrogens with zero attached hydrogens (tertiary/aromatic N) is 1. The van der Waals surface area contributed by atoms with Gasteiger partial charge in [-0.05, 0) is 48.4 Å². The van der Waals surface area contributed by atoms with Gasteiger partial charge in [-0.15, -0.1) is 0 Å². The average Bonchev–Trinajstić information content (AvgIpc) is 3.42. The van der Waals surface area contributed by atoms with Crippen molar-refractivity contribution in [2.45, 2.75) is 30.2 Å². The lowest BCUT2D eigenvalue weighted by Crippen LogP contribution is -2.45. The summed E-state index contributed by atoms with van der Waals surface area (Å²) in [7, 11) is 0. The predicted molar refractivity (Wildman–Crippen MR) is 118 cm³/mol. The third kappa shape index (κ3) is 4.81. The molecule has 0 saturated carbocycles. The zero-order chi connectivity index (χ0) is 26.5. The monoisotopic (exact) mass is 555 g/mol. The van der Waals surface area contributed by atoms with Gasteiger partial charge in [0.1, 0.15) is 18.1 Å². The van der Waals surface area contributed by atoms with E-state index >= 15 is 0 Å². The fourth-order valence-corrected chi connectivity index (χ4v) is 4.68. The maximum absolute atomic E-state index is 14.4. The Bertz CT molecular complexity index is 1190. The molecule has 2 aromatic rings. The smallest absolute Gasteiger partial charge is 0.370 e. The van der Waals surface area contributed by atoms with Gasteiger partial charge in [0.15, 0.2) is 0 Å². The molecule has 2 amide bonds. The van der Waals surface area contributed by atoms with Crippen LogP contribution in [-0.2, 0) is 21.2 Å². The first-order valence-electron chi connectivity index (χ1n) is 10.4. The lowest BCUT2D eigenvalue weighted by molar-refractivity contribution is -0.184. The number of halogens is 8. The molecule has 2 atom stereocenters. The Morgan fingerprint density at radius 1 is 1.11 bits per heavy atom. The zero-order valence-electron chi connectivity index (χ0n) is 18.1. The van der Waals surface area contributed by atoms with Crippen LogP contribution < -0.4 is 15.7 Å². The molecule has 0 spiro atoms. The van der Waals surface area contributed by atoms with Crippen LogP contribution in [0.3, 0.4) is 0 Å². The molecule has 0 radical (unpaired) electrons. The fourth-order valence-electron chi connectivity index (χ4n) is 4.25. The number of carbonyl (C=O) groups is 2. The van der Waals surface area contributed by atoms with Crippen LogP contribution in [0, 0.1) is 0 Å². The average molecular weight is 556 g/mol. The minimum atomic E-state index is -5.00. The third-order valence-corrected chi connectivity index (χ3v) is 7.04. The van der Waals surface area contributed by atoms with Crippen LogP contribution in [0.25, 0.3) is 0 Å². The Morgan fingerprint density at radius 3 is 2.33 bits per heavy atom. The first-order valence-corrected chi connectivity index (χ1v) is 11.2. The van der Waals surface area contributed by atoms with Gasteiger partial charge < -0.3 is 10.2 Å². The van der Waals surface area contributed by atoms with Gasteiger partial charge >= 0.3 is 12.4 Å². The first kappa shape index (κ1) is 26.4. The highest BCUT2D eigenvalue weighted by Gasteiger charge is 2.59. The van der Waals surface area contributed by atoms with Crippen molar-refractivity contribution < 1.29 is 40.8 Å². The largest absolute Gasteiger partial charge is 0.417 e. The molecule has 36 heavy (non-hydrogen) atoms. The number of carbonyl (C=O) groups excluding carboxylic acids is 2. The van der Waals surface area contributed by atoms with Crippen LogP contribution in [0.1, 0.15) is 27.9 Å². The van der Waals surface area contributed by atoms with E-state index in [1.807, 2.05) is 0 Å². The molecule has 2 N–H and O–H groups in total. The van der Waals surface area contributed by atoms with Gasteiger partial charge in [-0.3, -0.25) is 14.4 Å². The molecule has 0 bridgehead atoms. The van der Waals surface area contributed by atoms with E-state index in [0.29, 0.717) is 11.8 Å². The lowest BCUT2D eigenvalue weighted by Gasteiger charge is -2.33. The highest BCUT2D eigenvalue weighted by Crippen LogP contribution is 2.51. The van der Waals surface area contributed by atoms with Crippen molar-refractivity contribution >= 4 is 40.7 Å². The van der Waals surface area contributed by atoms with Gasteiger partial charge in [0, 0.05) is 24.3 Å². The molecule has 0 aliphatic carbocycles. The number of alkyl halides is 6. The van der Waals surface area contributed by atoms with Gasteiger partial charge in [0.2, 0.25) is 0 Å². The van der Waals surface area contributed by atoms with E-state index in [1.54, 1.807) is 0 Å². The van der Waals surface area contributed by atoms with Crippen molar-refractivity contribution in [1.82, 2.24) is 10.8 Å². The standard InChI is InChI=1S/C22H17Cl2F6N3O3/c23-15-8-12(7-14(17(15)24)21(25,26)27)20(22(28,29)30)5-6-33(10-20)13-3-1-11(2-4-13)18(34)31-16-9-36-32-19(16)35/h1-4,7-8,16H,5-6,9-10H2,(H,31,34)(H,32,35). The van der Waals surface area contributed by atoms with E-state index in [9.17, 15) is 35.9 Å². The molecule has 0 aromatic heterocycles. The molecule has 2 unspecified atom stereocenters. The zero-order valence-corrected chi connectivity index (χ0v) is 19.6. The van der Waals surface area contributed by atoms with Crippen LogP contribution in [0.4, 0.5) is 32.0 Å². The molecule has 2 fully saturated rings. The van der Waals surface area contributed by atoms with Gasteiger partial charge in [-0.2, -0.15) is 26.3 Å². The van der Waals surface area contributed by atoms with Crippen molar-refractivity contribution in [2.75, 3.05) is 24.6 Å². The van der Waals surface area contributed by atoms with Gasteiger partial charge in [-0.1, -0.05) is 23.2 Å². The molecule has 2 aromatic carbocycles. The second-order valence-corrected chi connectivity index (χ2v) is 9.20. The summed E-state index contributed by atoms with van der Waals surface area (Å²) >= 11 is 11.4. The number of hydrogen-bond acceptors (Lipinski definition) is 4. The normalized spacial score (nSPS) is 22.6. The summed E-state index contributed by atoms with van der Waals surface area (Å²) in [6.45, 7) is -0.843. The summed E-state index contributed by atoms with van der Waals surface area (Å²) in [5.41, 5.74) is -2.13. The molecule has 2 aliphatic heterocycles. The van der Waals surface area contributed by atoms with Crippen LogP contribution in [0.2, 0.25) is 10.0 Å². The molecule has 2 aliphatic rings. The third-order valence-electron chi connectivity index (χ3n) is 6.24. The maximum Gasteiger partial charge on any atom is 0.417 e. The van der Waals surface area contributed by atoms with E-state index in [4.69, 9.17) is 28.0 Å². The fraction of sp³-hybridized carbons (Fsp3) is 0.364. The molecule has 6 nitrogen and oxygen atoms in total. The Hall–Kier alpha value is -2.70. The Kier molecular flexibility index (Phi) is 6.82. The number of amides is 2. The van der Waals surface area contributed by atoms with Crippen molar-refractivity contribution in [3.8, 4) is 0 Å². The summed E-state index contributed by atoms with van der Waals surface area (Å²) in [5.74, 6) is -1.11. The predicted octanol–water partition coefficient (Wildman–Crippen LogP) is 4.88. The molecular formula is C22H17Cl2F6N3O3. The van der Waals surface area contributed by atoms with Crippen molar-refractivity contribution in [1.29, 1.82) is 0 Å². The van der Waals surface area contributed by atoms with Crippen molar-refractivity contribution in [2.24, 2.45) is 0 Å². The summed E-state index contributed by atoms with van der Waals surface area (Å²) in [5, 5.41) is 0.972. The SMILES string of the molecule is O=C(NC1CONC1=O)c1ccc(N2CCC(c3cc(Cl)c(Cl)c(C(F)(F)F)c3)(C(F)(F)F)C2)cc1. The molecular weight excluding hydrogens is 539 g/mol. The Morgan fingerprint density at radius 2 is 1.78 bits per heavy atom. The van der Waals surface area contributed by atoms with Gasteiger partial charge in [0.25, 0.3) is 11.8 Å². The molecule has 4 rings (SSSR count). The number of anilines is 1. The molecule has 194 valence electrons. The summed E-state index contributed by atoms with van der Waals surface area (Å²) in [4.78, 5) is 30.0. The van der Waals surface area contributed by atoms with E-state index in [1.165, 1.54) is 29.2 Å². The highest BCUT2D eigenvalue weighted by atomic mass is 35.5. The van der Waals surface area contributed by atoms with Gasteiger partial charge in [-0.25, -0.2) is 5.48 Å². The Labute approximate surface area is 210 Å². The van der Waals surface area contributed by atoms with Crippen LogP contribution >= 0.6 is 23.2 Å². The first-order chi connectivity index (χ1) is 16.7. The van der Waals surface area contributed by atoms with E-state index < -0.39 is 69.8 Å². The van der Waals surface area contributed by atoms with Crippen molar-refractivity contribution in [3.63, 3.8) is 0 Å². The number of benzene rings is 2. The number of hydrogen-bond donors (Lipinski definition) is 2. The second kappa shape index (κ2) is 9.31. The second-order valence-electron chi connectivity index (χ2n) is 8.42. The van der Waals surface area contributed by atoms with E-state index in [2.05, 4.69) is 10.8 Å². The van der Waals surface area contributed by atoms with Crippen LogP contribution in [0.15, 0.2) is 36.4 Å². The summed E-state index contributed by atoms with van der Waals surface area (Å²) in [6.07, 6.45) is -10.4. The summed E-state index contributed by atoms with van der Waals surface area (Å²) in [6, 6.07) is 5.93. The Balaban J connectivity index is 1.60. The maximum atomic E-state index is 14.4. The number of hydroxylamine groups is 1. The molecule has 2 heterocycles.